The van der Waals surface area contributed by atoms with Gasteiger partial charge < -0.3 is 26.0 Å². The van der Waals surface area contributed by atoms with Crippen molar-refractivity contribution in [3.8, 4) is 0 Å². The molecular formula is C25H26ClN7O3. The van der Waals surface area contributed by atoms with E-state index in [2.05, 4.69) is 42.7 Å². The lowest BCUT2D eigenvalue weighted by Gasteiger charge is -2.25. The van der Waals surface area contributed by atoms with Crippen molar-refractivity contribution >= 4 is 57.9 Å². The van der Waals surface area contributed by atoms with Crippen LogP contribution >= 0.6 is 11.6 Å². The lowest BCUT2D eigenvalue weighted by molar-refractivity contribution is -0.118. The van der Waals surface area contributed by atoms with E-state index in [-0.39, 0.29) is 11.8 Å². The Labute approximate surface area is 213 Å². The van der Waals surface area contributed by atoms with Gasteiger partial charge in [0, 0.05) is 35.8 Å². The number of nitrogens with one attached hydrogen (secondary N) is 4. The molecule has 3 aromatic rings. The van der Waals surface area contributed by atoms with Crippen molar-refractivity contribution in [2.45, 2.75) is 0 Å². The van der Waals surface area contributed by atoms with Gasteiger partial charge in [-0.05, 0) is 48.5 Å². The number of carbonyl (C=O) groups is 2. The van der Waals surface area contributed by atoms with Gasteiger partial charge in [0.1, 0.15) is 5.02 Å². The first-order valence-corrected chi connectivity index (χ1v) is 11.7. The summed E-state index contributed by atoms with van der Waals surface area (Å²) in [7, 11) is 0. The standard InChI is InChI=1S/C25H26ClN7O3/c1-2-22(34)29-19-4-3-5-20(14-19)30-24-21(26)15-27-25(32-24)31-18-8-6-17(7-9-18)28-23(35)16-33-10-12-36-13-11-33/h2-9,14-15H,1,10-13,16H2,(H,28,35)(H,29,34)(H2,27,30,31,32). The van der Waals surface area contributed by atoms with Gasteiger partial charge in [-0.25, -0.2) is 4.98 Å². The molecule has 1 fully saturated rings. The summed E-state index contributed by atoms with van der Waals surface area (Å²) in [5, 5.41) is 12.2. The third kappa shape index (κ3) is 7.25. The zero-order valence-electron chi connectivity index (χ0n) is 19.5. The van der Waals surface area contributed by atoms with E-state index in [9.17, 15) is 9.59 Å². The maximum Gasteiger partial charge on any atom is 0.247 e. The average Bonchev–Trinajstić information content (AvgIpc) is 2.88. The number of carbonyl (C=O) groups excluding carboxylic acids is 2. The number of hydrogen-bond acceptors (Lipinski definition) is 8. The fraction of sp³-hybridized carbons (Fsp3) is 0.200. The number of aromatic nitrogens is 2. The Balaban J connectivity index is 1.36. The second-order valence-corrected chi connectivity index (χ2v) is 8.34. The molecule has 36 heavy (non-hydrogen) atoms. The summed E-state index contributed by atoms with van der Waals surface area (Å²) in [6, 6.07) is 14.4. The van der Waals surface area contributed by atoms with Gasteiger partial charge in [-0.15, -0.1) is 0 Å². The topological polar surface area (TPSA) is 121 Å². The van der Waals surface area contributed by atoms with Crippen LogP contribution in [0.3, 0.4) is 0 Å². The minimum atomic E-state index is -0.304. The predicted molar refractivity (Wildman–Crippen MR) is 141 cm³/mol. The molecule has 1 saturated heterocycles. The fourth-order valence-corrected chi connectivity index (χ4v) is 3.59. The van der Waals surface area contributed by atoms with Gasteiger partial charge in [-0.1, -0.05) is 24.2 Å². The van der Waals surface area contributed by atoms with Crippen LogP contribution in [-0.4, -0.2) is 59.5 Å². The van der Waals surface area contributed by atoms with Crippen molar-refractivity contribution in [2.24, 2.45) is 0 Å². The number of halogens is 1. The van der Waals surface area contributed by atoms with Crippen LogP contribution < -0.4 is 21.3 Å². The van der Waals surface area contributed by atoms with Crippen LogP contribution in [0.5, 0.6) is 0 Å². The summed E-state index contributed by atoms with van der Waals surface area (Å²) < 4.78 is 5.31. The van der Waals surface area contributed by atoms with Crippen molar-refractivity contribution in [1.29, 1.82) is 0 Å². The minimum Gasteiger partial charge on any atom is -0.379 e. The van der Waals surface area contributed by atoms with E-state index in [4.69, 9.17) is 16.3 Å². The normalized spacial score (nSPS) is 13.5. The fourth-order valence-electron chi connectivity index (χ4n) is 3.45. The van der Waals surface area contributed by atoms with E-state index >= 15 is 0 Å². The highest BCUT2D eigenvalue weighted by molar-refractivity contribution is 6.32. The Morgan fingerprint density at radius 2 is 1.72 bits per heavy atom. The van der Waals surface area contributed by atoms with Gasteiger partial charge in [0.2, 0.25) is 17.8 Å². The molecule has 0 radical (unpaired) electrons. The molecule has 0 bridgehead atoms. The van der Waals surface area contributed by atoms with Gasteiger partial charge in [-0.2, -0.15) is 4.98 Å². The molecule has 0 aliphatic carbocycles. The molecule has 0 unspecified atom stereocenters. The number of benzene rings is 2. The average molecular weight is 508 g/mol. The van der Waals surface area contributed by atoms with E-state index in [1.807, 2.05) is 18.2 Å². The molecule has 0 saturated carbocycles. The third-order valence-corrected chi connectivity index (χ3v) is 5.49. The molecule has 4 N–H and O–H groups in total. The van der Waals surface area contributed by atoms with Crippen LogP contribution in [0.1, 0.15) is 0 Å². The van der Waals surface area contributed by atoms with Gasteiger partial charge in [0.15, 0.2) is 5.82 Å². The van der Waals surface area contributed by atoms with Crippen LogP contribution in [0.4, 0.5) is 34.5 Å². The first-order chi connectivity index (χ1) is 17.5. The number of rotatable bonds is 9. The van der Waals surface area contributed by atoms with E-state index in [0.717, 1.165) is 18.8 Å². The SMILES string of the molecule is C=CC(=O)Nc1cccc(Nc2nc(Nc3ccc(NC(=O)CN4CCOCC4)cc3)ncc2Cl)c1. The number of amides is 2. The summed E-state index contributed by atoms with van der Waals surface area (Å²) in [6.07, 6.45) is 2.69. The highest BCUT2D eigenvalue weighted by Gasteiger charge is 2.14. The summed E-state index contributed by atoms with van der Waals surface area (Å²) in [5.41, 5.74) is 2.72. The zero-order chi connectivity index (χ0) is 25.3. The predicted octanol–water partition coefficient (Wildman–Crippen LogP) is 4.01. The molecule has 186 valence electrons. The molecule has 0 atom stereocenters. The Kier molecular flexibility index (Phi) is 8.45. The highest BCUT2D eigenvalue weighted by Crippen LogP contribution is 2.26. The molecule has 10 nitrogen and oxygen atoms in total. The molecule has 1 aliphatic rings. The van der Waals surface area contributed by atoms with Gasteiger partial charge in [0.05, 0.1) is 26.0 Å². The summed E-state index contributed by atoms with van der Waals surface area (Å²) >= 11 is 6.29. The molecule has 2 amide bonds. The van der Waals surface area contributed by atoms with Crippen LogP contribution in [0.15, 0.2) is 67.4 Å². The summed E-state index contributed by atoms with van der Waals surface area (Å²) in [5.74, 6) is 0.361. The summed E-state index contributed by atoms with van der Waals surface area (Å²) in [4.78, 5) is 34.6. The molecule has 1 aliphatic heterocycles. The lowest BCUT2D eigenvalue weighted by Crippen LogP contribution is -2.41. The second-order valence-electron chi connectivity index (χ2n) is 7.93. The van der Waals surface area contributed by atoms with Crippen LogP contribution in [0.2, 0.25) is 5.02 Å². The van der Waals surface area contributed by atoms with E-state index in [0.29, 0.717) is 53.6 Å². The van der Waals surface area contributed by atoms with Crippen molar-refractivity contribution in [3.63, 3.8) is 0 Å². The minimum absolute atomic E-state index is 0.0671. The Bertz CT molecular complexity index is 1230. The third-order valence-electron chi connectivity index (χ3n) is 5.22. The highest BCUT2D eigenvalue weighted by atomic mass is 35.5. The quantitative estimate of drug-likeness (QED) is 0.321. The molecule has 1 aromatic heterocycles. The molecule has 0 spiro atoms. The van der Waals surface area contributed by atoms with Crippen molar-refractivity contribution in [1.82, 2.24) is 14.9 Å². The van der Waals surface area contributed by atoms with E-state index in [1.165, 1.54) is 12.3 Å². The van der Waals surface area contributed by atoms with E-state index in [1.54, 1.807) is 30.3 Å². The van der Waals surface area contributed by atoms with Crippen LogP contribution in [0, 0.1) is 0 Å². The van der Waals surface area contributed by atoms with Crippen LogP contribution in [-0.2, 0) is 14.3 Å². The Morgan fingerprint density at radius 1 is 1.00 bits per heavy atom. The van der Waals surface area contributed by atoms with Crippen molar-refractivity contribution in [2.75, 3.05) is 54.1 Å². The summed E-state index contributed by atoms with van der Waals surface area (Å²) in [6.45, 7) is 6.60. The smallest absolute Gasteiger partial charge is 0.247 e. The monoisotopic (exact) mass is 507 g/mol. The Hall–Kier alpha value is -3.99. The molecule has 2 heterocycles. The first kappa shape index (κ1) is 25.1. The maximum atomic E-state index is 12.3. The maximum absolute atomic E-state index is 12.3. The number of anilines is 6. The molecule has 2 aromatic carbocycles. The second kappa shape index (κ2) is 12.1. The Morgan fingerprint density at radius 3 is 2.47 bits per heavy atom. The number of nitrogens with zero attached hydrogens (tertiary/aromatic N) is 3. The largest absolute Gasteiger partial charge is 0.379 e. The lowest BCUT2D eigenvalue weighted by atomic mass is 10.2. The van der Waals surface area contributed by atoms with Gasteiger partial charge >= 0.3 is 0 Å². The number of morpholine rings is 1. The molecule has 4 rings (SSSR count). The van der Waals surface area contributed by atoms with Crippen LogP contribution in [0.25, 0.3) is 0 Å². The van der Waals surface area contributed by atoms with Crippen molar-refractivity contribution in [3.05, 3.63) is 72.4 Å². The van der Waals surface area contributed by atoms with Gasteiger partial charge in [0.25, 0.3) is 0 Å². The first-order valence-electron chi connectivity index (χ1n) is 11.3. The number of ether oxygens (including phenoxy) is 1. The number of hydrogen-bond donors (Lipinski definition) is 4. The van der Waals surface area contributed by atoms with Crippen molar-refractivity contribution < 1.29 is 14.3 Å². The molecule has 11 heteroatoms. The zero-order valence-corrected chi connectivity index (χ0v) is 20.2. The van der Waals surface area contributed by atoms with E-state index < -0.39 is 0 Å². The van der Waals surface area contributed by atoms with Gasteiger partial charge in [-0.3, -0.25) is 14.5 Å². The molecular weight excluding hydrogens is 482 g/mol.